The molecule has 0 bridgehead atoms. The SMILES string of the molecule is CC.CC.CC.CC.Cc1ccc(-c2oc3ccccc3c(=O)c2C)cc1.Cc1ccc(-c2oc3ccccc3c(=S)c2C)cc1. The Balaban J connectivity index is 0.000000379. The van der Waals surface area contributed by atoms with Crippen LogP contribution in [0.2, 0.25) is 0 Å². The van der Waals surface area contributed by atoms with E-state index in [4.69, 9.17) is 21.1 Å². The summed E-state index contributed by atoms with van der Waals surface area (Å²) in [7, 11) is 0. The molecule has 0 saturated carbocycles. The van der Waals surface area contributed by atoms with Crippen molar-refractivity contribution in [1.82, 2.24) is 0 Å². The summed E-state index contributed by atoms with van der Waals surface area (Å²) in [4.78, 5) is 12.3. The molecule has 0 amide bonds. The normalized spacial score (nSPS) is 9.48. The maximum absolute atomic E-state index is 12.3. The van der Waals surface area contributed by atoms with E-state index in [1.165, 1.54) is 11.1 Å². The van der Waals surface area contributed by atoms with Gasteiger partial charge in [0.2, 0.25) is 0 Å². The molecular formula is C42H52O3S. The van der Waals surface area contributed by atoms with Crippen LogP contribution in [0.5, 0.6) is 0 Å². The summed E-state index contributed by atoms with van der Waals surface area (Å²) >= 11 is 5.55. The van der Waals surface area contributed by atoms with Crippen LogP contribution in [-0.2, 0) is 0 Å². The van der Waals surface area contributed by atoms with Crippen LogP contribution in [0.1, 0.15) is 77.6 Å². The summed E-state index contributed by atoms with van der Waals surface area (Å²) in [5.41, 5.74) is 7.62. The van der Waals surface area contributed by atoms with Crippen LogP contribution < -0.4 is 5.43 Å². The number of aryl methyl sites for hydroxylation is 2. The topological polar surface area (TPSA) is 43.4 Å². The fourth-order valence-electron chi connectivity index (χ4n) is 4.43. The Bertz CT molecular complexity index is 1740. The minimum absolute atomic E-state index is 0.0393. The second kappa shape index (κ2) is 20.7. The molecule has 0 atom stereocenters. The zero-order valence-corrected chi connectivity index (χ0v) is 30.7. The third-order valence-corrected chi connectivity index (χ3v) is 7.20. The van der Waals surface area contributed by atoms with Gasteiger partial charge in [-0.3, -0.25) is 4.79 Å². The van der Waals surface area contributed by atoms with E-state index < -0.39 is 0 Å². The molecule has 4 aromatic carbocycles. The Kier molecular flexibility index (Phi) is 17.9. The zero-order chi connectivity index (χ0) is 34.8. The monoisotopic (exact) mass is 636 g/mol. The number of fused-ring (bicyclic) bond motifs is 2. The minimum Gasteiger partial charge on any atom is -0.456 e. The van der Waals surface area contributed by atoms with Crippen molar-refractivity contribution < 1.29 is 8.83 Å². The van der Waals surface area contributed by atoms with Gasteiger partial charge in [0.15, 0.2) is 5.43 Å². The molecule has 0 aliphatic rings. The second-order valence-corrected chi connectivity index (χ2v) is 9.90. The lowest BCUT2D eigenvalue weighted by molar-refractivity contribution is 0.614. The van der Waals surface area contributed by atoms with Crippen molar-refractivity contribution in [3.63, 3.8) is 0 Å². The molecule has 0 N–H and O–H groups in total. The van der Waals surface area contributed by atoms with E-state index in [1.54, 1.807) is 6.07 Å². The number of para-hydroxylation sites is 2. The first kappa shape index (κ1) is 39.7. The third kappa shape index (κ3) is 9.86. The van der Waals surface area contributed by atoms with Gasteiger partial charge in [-0.25, -0.2) is 0 Å². The van der Waals surface area contributed by atoms with Crippen LogP contribution in [0.3, 0.4) is 0 Å². The van der Waals surface area contributed by atoms with E-state index in [9.17, 15) is 4.79 Å². The van der Waals surface area contributed by atoms with Crippen molar-refractivity contribution in [2.24, 2.45) is 0 Å². The van der Waals surface area contributed by atoms with E-state index in [-0.39, 0.29) is 5.43 Å². The molecule has 3 nitrogen and oxygen atoms in total. The molecule has 6 rings (SSSR count). The molecule has 0 spiro atoms. The molecule has 0 saturated heterocycles. The average Bonchev–Trinajstić information content (AvgIpc) is 3.12. The molecule has 6 aromatic rings. The highest BCUT2D eigenvalue weighted by molar-refractivity contribution is 7.71. The van der Waals surface area contributed by atoms with Gasteiger partial charge in [-0.05, 0) is 52.0 Å². The molecule has 2 heterocycles. The molecule has 0 radical (unpaired) electrons. The van der Waals surface area contributed by atoms with Crippen LogP contribution in [0.25, 0.3) is 44.6 Å². The lowest BCUT2D eigenvalue weighted by Crippen LogP contribution is -2.06. The fraction of sp³-hybridized carbons (Fsp3) is 0.286. The molecule has 46 heavy (non-hydrogen) atoms. The van der Waals surface area contributed by atoms with E-state index >= 15 is 0 Å². The zero-order valence-electron chi connectivity index (χ0n) is 29.9. The molecule has 2 aromatic heterocycles. The third-order valence-electron chi connectivity index (χ3n) is 6.68. The first-order chi connectivity index (χ1) is 22.3. The van der Waals surface area contributed by atoms with Gasteiger partial charge in [-0.2, -0.15) is 0 Å². The maximum atomic E-state index is 12.3. The highest BCUT2D eigenvalue weighted by atomic mass is 32.1. The van der Waals surface area contributed by atoms with Gasteiger partial charge < -0.3 is 8.83 Å². The quantitative estimate of drug-likeness (QED) is 0.177. The molecule has 0 fully saturated rings. The Hall–Kier alpha value is -4.28. The maximum Gasteiger partial charge on any atom is 0.196 e. The van der Waals surface area contributed by atoms with Gasteiger partial charge >= 0.3 is 0 Å². The largest absolute Gasteiger partial charge is 0.456 e. The highest BCUT2D eigenvalue weighted by Crippen LogP contribution is 2.30. The number of rotatable bonds is 2. The van der Waals surface area contributed by atoms with Crippen LogP contribution in [0.4, 0.5) is 0 Å². The lowest BCUT2D eigenvalue weighted by Gasteiger charge is -2.08. The summed E-state index contributed by atoms with van der Waals surface area (Å²) in [5.74, 6) is 1.52. The Labute approximate surface area is 282 Å². The van der Waals surface area contributed by atoms with Gasteiger partial charge in [0.1, 0.15) is 22.7 Å². The summed E-state index contributed by atoms with van der Waals surface area (Å²) in [5, 5.41) is 1.64. The van der Waals surface area contributed by atoms with E-state index in [1.807, 2.05) is 143 Å². The van der Waals surface area contributed by atoms with Crippen molar-refractivity contribution in [3.05, 3.63) is 134 Å². The van der Waals surface area contributed by atoms with Crippen molar-refractivity contribution in [1.29, 1.82) is 0 Å². The number of hydrogen-bond donors (Lipinski definition) is 0. The molecule has 0 aliphatic heterocycles. The van der Waals surface area contributed by atoms with Crippen LogP contribution in [0.15, 0.2) is 111 Å². The summed E-state index contributed by atoms with van der Waals surface area (Å²) in [6.07, 6.45) is 0. The van der Waals surface area contributed by atoms with Crippen molar-refractivity contribution in [2.45, 2.75) is 83.1 Å². The Morgan fingerprint density at radius 3 is 1.24 bits per heavy atom. The number of hydrogen-bond acceptors (Lipinski definition) is 4. The smallest absolute Gasteiger partial charge is 0.196 e. The first-order valence-electron chi connectivity index (χ1n) is 16.5. The standard InChI is InChI=1S/C17H14O2.C17H14OS.4C2H6/c1-11-7-9-13(10-8-11)17-12(2)16(18)14-5-3-4-6-15(14)19-17;1-11-7-9-13(10-8-11)16-12(2)17(19)14-5-3-4-6-15(14)18-16;4*1-2/h2*3-10H,1-2H3;4*1-2H3. The summed E-state index contributed by atoms with van der Waals surface area (Å²) < 4.78 is 12.8. The van der Waals surface area contributed by atoms with E-state index in [2.05, 4.69) is 31.2 Å². The predicted molar refractivity (Wildman–Crippen MR) is 205 cm³/mol. The molecular weight excluding hydrogens is 585 g/mol. The van der Waals surface area contributed by atoms with E-state index in [0.29, 0.717) is 22.3 Å². The summed E-state index contributed by atoms with van der Waals surface area (Å²) in [6.45, 7) is 23.9. The molecule has 244 valence electrons. The molecule has 0 aliphatic carbocycles. The van der Waals surface area contributed by atoms with Crippen molar-refractivity contribution in [3.8, 4) is 22.6 Å². The predicted octanol–water partition coefficient (Wildman–Crippen LogP) is 13.6. The van der Waals surface area contributed by atoms with Crippen molar-refractivity contribution in [2.75, 3.05) is 0 Å². The van der Waals surface area contributed by atoms with E-state index in [0.717, 1.165) is 37.9 Å². The molecule has 4 heteroatoms. The first-order valence-corrected chi connectivity index (χ1v) is 16.9. The van der Waals surface area contributed by atoms with Crippen LogP contribution in [0, 0.1) is 32.2 Å². The van der Waals surface area contributed by atoms with Gasteiger partial charge in [0, 0.05) is 27.6 Å². The average molecular weight is 637 g/mol. The Morgan fingerprint density at radius 1 is 0.457 bits per heavy atom. The number of benzene rings is 4. The fourth-order valence-corrected chi connectivity index (χ4v) is 4.69. The lowest BCUT2D eigenvalue weighted by atomic mass is 10.0. The Morgan fingerprint density at radius 2 is 0.804 bits per heavy atom. The second-order valence-electron chi connectivity index (χ2n) is 9.49. The van der Waals surface area contributed by atoms with Crippen molar-refractivity contribution >= 4 is 34.2 Å². The van der Waals surface area contributed by atoms with Gasteiger partial charge in [0.25, 0.3) is 0 Å². The molecule has 0 unspecified atom stereocenters. The van der Waals surface area contributed by atoms with Crippen LogP contribution >= 0.6 is 12.2 Å². The summed E-state index contributed by atoms with van der Waals surface area (Å²) in [6, 6.07) is 31.6. The van der Waals surface area contributed by atoms with Gasteiger partial charge in [0.05, 0.1) is 9.90 Å². The van der Waals surface area contributed by atoms with Gasteiger partial charge in [-0.15, -0.1) is 0 Å². The van der Waals surface area contributed by atoms with Gasteiger partial charge in [-0.1, -0.05) is 152 Å². The van der Waals surface area contributed by atoms with Crippen LogP contribution in [-0.4, -0.2) is 0 Å². The highest BCUT2D eigenvalue weighted by Gasteiger charge is 2.12. The minimum atomic E-state index is 0.0393.